The van der Waals surface area contributed by atoms with Crippen molar-refractivity contribution in [2.45, 2.75) is 45.8 Å². The summed E-state index contributed by atoms with van der Waals surface area (Å²) in [6.07, 6.45) is 4.90. The number of pyridine rings is 2. The minimum absolute atomic E-state index is 0.267. The van der Waals surface area contributed by atoms with Gasteiger partial charge in [0, 0.05) is 17.8 Å². The number of benzene rings is 1. The Morgan fingerprint density at radius 3 is 2.62 bits per heavy atom. The van der Waals surface area contributed by atoms with E-state index in [2.05, 4.69) is 28.2 Å². The summed E-state index contributed by atoms with van der Waals surface area (Å²) in [6.45, 7) is 6.03. The number of rotatable bonds is 6. The smallest absolute Gasteiger partial charge is 0.113 e. The Kier molecular flexibility index (Phi) is 5.04. The Morgan fingerprint density at radius 2 is 1.93 bits per heavy atom. The molecule has 4 rings (SSSR count). The normalized spacial score (nSPS) is 13.3. The molecule has 1 atom stereocenters. The van der Waals surface area contributed by atoms with E-state index in [-0.39, 0.29) is 6.61 Å². The van der Waals surface area contributed by atoms with Gasteiger partial charge in [0.2, 0.25) is 0 Å². The summed E-state index contributed by atoms with van der Waals surface area (Å²) in [4.78, 5) is 13.5. The number of hydrogen-bond acceptors (Lipinski definition) is 6. The van der Waals surface area contributed by atoms with Crippen molar-refractivity contribution in [2.24, 2.45) is 5.73 Å². The maximum atomic E-state index is 10.3. The van der Waals surface area contributed by atoms with Crippen molar-refractivity contribution in [1.82, 2.24) is 19.5 Å². The van der Waals surface area contributed by atoms with Crippen molar-refractivity contribution >= 4 is 21.9 Å². The quantitative estimate of drug-likeness (QED) is 0.490. The lowest BCUT2D eigenvalue weighted by atomic mass is 10.0. The molecule has 0 aliphatic carbocycles. The SMILES string of the molecule is CC(N)OCc1nc2cc(-c3ccncc3)ccc2c2c1ncn2CC(C)(C)O. The predicted molar refractivity (Wildman–Crippen MR) is 113 cm³/mol. The van der Waals surface area contributed by atoms with Gasteiger partial charge in [-0.3, -0.25) is 4.98 Å². The van der Waals surface area contributed by atoms with Crippen molar-refractivity contribution in [3.05, 3.63) is 54.7 Å². The average Bonchev–Trinajstić information content (AvgIpc) is 3.08. The Bertz CT molecular complexity index is 1150. The van der Waals surface area contributed by atoms with Gasteiger partial charge in [0.25, 0.3) is 0 Å². The zero-order valence-corrected chi connectivity index (χ0v) is 16.8. The second kappa shape index (κ2) is 7.51. The summed E-state index contributed by atoms with van der Waals surface area (Å²) in [5.74, 6) is 0. The van der Waals surface area contributed by atoms with Crippen LogP contribution in [0.1, 0.15) is 26.5 Å². The number of aliphatic hydroxyl groups is 1. The highest BCUT2D eigenvalue weighted by atomic mass is 16.5. The average molecular weight is 391 g/mol. The van der Waals surface area contributed by atoms with Gasteiger partial charge in [-0.1, -0.05) is 12.1 Å². The predicted octanol–water partition coefficient (Wildman–Crippen LogP) is 3.24. The van der Waals surface area contributed by atoms with Crippen LogP contribution >= 0.6 is 0 Å². The van der Waals surface area contributed by atoms with E-state index in [9.17, 15) is 5.11 Å². The molecule has 0 saturated heterocycles. The molecule has 0 radical (unpaired) electrons. The standard InChI is InChI=1S/C22H25N5O2/c1-14(23)29-11-19-20-21(27(13-25-20)12-22(2,3)28)17-5-4-16(10-18(17)26-19)15-6-8-24-9-7-15/h4-10,13-14,28H,11-12,23H2,1-3H3. The molecule has 3 N–H and O–H groups in total. The van der Waals surface area contributed by atoms with Crippen LogP contribution in [0.2, 0.25) is 0 Å². The molecule has 0 aliphatic heterocycles. The third kappa shape index (κ3) is 4.12. The number of imidazole rings is 1. The number of nitrogens with zero attached hydrogens (tertiary/aromatic N) is 4. The van der Waals surface area contributed by atoms with Gasteiger partial charge < -0.3 is 20.1 Å². The van der Waals surface area contributed by atoms with Crippen LogP contribution in [-0.4, -0.2) is 36.5 Å². The first-order valence-corrected chi connectivity index (χ1v) is 9.59. The van der Waals surface area contributed by atoms with Gasteiger partial charge >= 0.3 is 0 Å². The van der Waals surface area contributed by atoms with Crippen molar-refractivity contribution < 1.29 is 9.84 Å². The molecular formula is C22H25N5O2. The fraction of sp³-hybridized carbons (Fsp3) is 0.318. The fourth-order valence-corrected chi connectivity index (χ4v) is 3.47. The number of nitrogens with two attached hydrogens (primary N) is 1. The summed E-state index contributed by atoms with van der Waals surface area (Å²) in [7, 11) is 0. The van der Waals surface area contributed by atoms with Gasteiger partial charge in [0.1, 0.15) is 11.7 Å². The number of hydrogen-bond donors (Lipinski definition) is 2. The van der Waals surface area contributed by atoms with E-state index in [1.165, 1.54) is 0 Å². The van der Waals surface area contributed by atoms with Gasteiger partial charge in [0.15, 0.2) is 0 Å². The summed E-state index contributed by atoms with van der Waals surface area (Å²) in [5, 5.41) is 11.3. The first-order chi connectivity index (χ1) is 13.8. The molecule has 0 amide bonds. The third-order valence-electron chi connectivity index (χ3n) is 4.67. The number of fused-ring (bicyclic) bond motifs is 3. The van der Waals surface area contributed by atoms with E-state index in [1.807, 2.05) is 16.7 Å². The Hall–Kier alpha value is -2.87. The van der Waals surface area contributed by atoms with Gasteiger partial charge in [-0.25, -0.2) is 9.97 Å². The Morgan fingerprint density at radius 1 is 1.17 bits per heavy atom. The highest BCUT2D eigenvalue weighted by Gasteiger charge is 2.19. The van der Waals surface area contributed by atoms with Crippen LogP contribution in [0.25, 0.3) is 33.1 Å². The summed E-state index contributed by atoms with van der Waals surface area (Å²) >= 11 is 0. The second-order valence-corrected chi connectivity index (χ2v) is 7.92. The summed E-state index contributed by atoms with van der Waals surface area (Å²) in [6, 6.07) is 10.1. The molecule has 1 unspecified atom stereocenters. The molecule has 3 aromatic heterocycles. The molecule has 1 aromatic carbocycles. The lowest BCUT2D eigenvalue weighted by molar-refractivity contribution is 0.0564. The molecule has 7 nitrogen and oxygen atoms in total. The van der Waals surface area contributed by atoms with E-state index in [4.69, 9.17) is 15.5 Å². The monoisotopic (exact) mass is 391 g/mol. The van der Waals surface area contributed by atoms with Crippen molar-refractivity contribution in [3.63, 3.8) is 0 Å². The zero-order valence-electron chi connectivity index (χ0n) is 16.8. The molecule has 0 bridgehead atoms. The molecule has 0 aliphatic rings. The first-order valence-electron chi connectivity index (χ1n) is 9.59. The highest BCUT2D eigenvalue weighted by molar-refractivity contribution is 6.04. The maximum absolute atomic E-state index is 10.3. The topological polar surface area (TPSA) is 99.1 Å². The molecule has 0 fully saturated rings. The molecule has 0 spiro atoms. The van der Waals surface area contributed by atoms with Crippen molar-refractivity contribution in [3.8, 4) is 11.1 Å². The zero-order chi connectivity index (χ0) is 20.6. The molecule has 29 heavy (non-hydrogen) atoms. The lowest BCUT2D eigenvalue weighted by Gasteiger charge is -2.19. The molecule has 0 saturated carbocycles. The summed E-state index contributed by atoms with van der Waals surface area (Å²) in [5.41, 5.74) is 10.3. The van der Waals surface area contributed by atoms with Crippen LogP contribution in [0.15, 0.2) is 49.1 Å². The van der Waals surface area contributed by atoms with E-state index in [1.54, 1.807) is 39.5 Å². The first kappa shape index (κ1) is 19.4. The van der Waals surface area contributed by atoms with E-state index < -0.39 is 11.8 Å². The van der Waals surface area contributed by atoms with E-state index in [0.717, 1.165) is 38.8 Å². The molecule has 150 valence electrons. The Labute approximate surface area is 169 Å². The maximum Gasteiger partial charge on any atom is 0.113 e. The molecule has 3 heterocycles. The molecule has 4 aromatic rings. The number of ether oxygens (including phenoxy) is 1. The highest BCUT2D eigenvalue weighted by Crippen LogP contribution is 2.30. The van der Waals surface area contributed by atoms with Crippen LogP contribution < -0.4 is 5.73 Å². The van der Waals surface area contributed by atoms with Crippen LogP contribution in [0.4, 0.5) is 0 Å². The van der Waals surface area contributed by atoms with Crippen LogP contribution in [0.3, 0.4) is 0 Å². The van der Waals surface area contributed by atoms with Crippen LogP contribution in [-0.2, 0) is 17.9 Å². The van der Waals surface area contributed by atoms with E-state index >= 15 is 0 Å². The van der Waals surface area contributed by atoms with Gasteiger partial charge in [-0.15, -0.1) is 0 Å². The van der Waals surface area contributed by atoms with Gasteiger partial charge in [0.05, 0.1) is 41.8 Å². The molecule has 7 heteroatoms. The minimum Gasteiger partial charge on any atom is -0.389 e. The van der Waals surface area contributed by atoms with Crippen molar-refractivity contribution in [1.29, 1.82) is 0 Å². The summed E-state index contributed by atoms with van der Waals surface area (Å²) < 4.78 is 7.59. The fourth-order valence-electron chi connectivity index (χ4n) is 3.47. The second-order valence-electron chi connectivity index (χ2n) is 7.92. The van der Waals surface area contributed by atoms with Crippen molar-refractivity contribution in [2.75, 3.05) is 0 Å². The van der Waals surface area contributed by atoms with Crippen LogP contribution in [0, 0.1) is 0 Å². The third-order valence-corrected chi connectivity index (χ3v) is 4.67. The minimum atomic E-state index is -0.872. The van der Waals surface area contributed by atoms with E-state index in [0.29, 0.717) is 6.54 Å². The van der Waals surface area contributed by atoms with Crippen LogP contribution in [0.5, 0.6) is 0 Å². The lowest BCUT2D eigenvalue weighted by Crippen LogP contribution is -2.25. The molecular weight excluding hydrogens is 366 g/mol. The largest absolute Gasteiger partial charge is 0.389 e. The number of aromatic nitrogens is 4. The van der Waals surface area contributed by atoms with Gasteiger partial charge in [-0.05, 0) is 50.1 Å². The van der Waals surface area contributed by atoms with Gasteiger partial charge in [-0.2, -0.15) is 0 Å². The Balaban J connectivity index is 1.93.